The van der Waals surface area contributed by atoms with Gasteiger partial charge in [0, 0.05) is 29.0 Å². The Morgan fingerprint density at radius 2 is 2.03 bits per heavy atom. The first-order valence-corrected chi connectivity index (χ1v) is 13.2. The van der Waals surface area contributed by atoms with Crippen molar-refractivity contribution >= 4 is 50.9 Å². The van der Waals surface area contributed by atoms with E-state index in [0.29, 0.717) is 63.3 Å². The highest BCUT2D eigenvalue weighted by Crippen LogP contribution is 2.38. The SMILES string of the molecule is COc1cc2ncnc(Nc3cccc(CI)c3F)c2cc1OC1CCC2(CC1)NCCNC2=O. The molecule has 1 amide bonds. The van der Waals surface area contributed by atoms with Crippen molar-refractivity contribution in [2.75, 3.05) is 25.5 Å². The minimum Gasteiger partial charge on any atom is -0.493 e. The van der Waals surface area contributed by atoms with Crippen LogP contribution in [0, 0.1) is 5.82 Å². The molecule has 10 heteroatoms. The van der Waals surface area contributed by atoms with Gasteiger partial charge in [0.25, 0.3) is 0 Å². The number of carbonyl (C=O) groups excluding carboxylic acids is 1. The number of benzene rings is 2. The van der Waals surface area contributed by atoms with Crippen LogP contribution >= 0.6 is 22.6 Å². The summed E-state index contributed by atoms with van der Waals surface area (Å²) in [5.74, 6) is 1.40. The first-order chi connectivity index (χ1) is 17.0. The second kappa shape index (κ2) is 10.1. The molecular formula is C25H27FIN5O3. The van der Waals surface area contributed by atoms with E-state index in [1.54, 1.807) is 25.3 Å². The molecule has 1 saturated heterocycles. The van der Waals surface area contributed by atoms with Crippen LogP contribution in [0.2, 0.25) is 0 Å². The minimum absolute atomic E-state index is 0.0534. The molecule has 2 aliphatic rings. The van der Waals surface area contributed by atoms with Crippen LogP contribution in [-0.2, 0) is 9.22 Å². The van der Waals surface area contributed by atoms with Gasteiger partial charge in [-0.25, -0.2) is 14.4 Å². The number of methoxy groups -OCH3 is 1. The number of hydrogen-bond acceptors (Lipinski definition) is 7. The fourth-order valence-corrected chi connectivity index (χ4v) is 5.42. The molecule has 2 heterocycles. The van der Waals surface area contributed by atoms with Gasteiger partial charge in [0.05, 0.1) is 30.0 Å². The summed E-state index contributed by atoms with van der Waals surface area (Å²) in [7, 11) is 1.59. The van der Waals surface area contributed by atoms with Crippen LogP contribution in [-0.4, -0.2) is 47.7 Å². The summed E-state index contributed by atoms with van der Waals surface area (Å²) >= 11 is 2.14. The van der Waals surface area contributed by atoms with Crippen molar-refractivity contribution in [1.82, 2.24) is 20.6 Å². The molecule has 1 spiro atoms. The number of piperazine rings is 1. The van der Waals surface area contributed by atoms with E-state index in [1.165, 1.54) is 6.33 Å². The van der Waals surface area contributed by atoms with Gasteiger partial charge in [-0.15, -0.1) is 0 Å². The van der Waals surface area contributed by atoms with Crippen molar-refractivity contribution in [2.24, 2.45) is 0 Å². The third-order valence-corrected chi connectivity index (χ3v) is 7.61. The molecule has 0 radical (unpaired) electrons. The molecule has 1 aliphatic carbocycles. The van der Waals surface area contributed by atoms with Crippen LogP contribution in [0.15, 0.2) is 36.7 Å². The summed E-state index contributed by atoms with van der Waals surface area (Å²) in [5.41, 5.74) is 1.14. The summed E-state index contributed by atoms with van der Waals surface area (Å²) in [6.07, 6.45) is 4.29. The van der Waals surface area contributed by atoms with E-state index in [0.717, 1.165) is 19.4 Å². The molecule has 35 heavy (non-hydrogen) atoms. The Morgan fingerprint density at radius 1 is 1.20 bits per heavy atom. The number of alkyl halides is 1. The number of halogens is 2. The Labute approximate surface area is 216 Å². The number of aromatic nitrogens is 2. The van der Waals surface area contributed by atoms with Crippen molar-refractivity contribution in [2.45, 2.75) is 41.8 Å². The molecule has 3 aromatic rings. The van der Waals surface area contributed by atoms with Gasteiger partial charge in [-0.2, -0.15) is 0 Å². The van der Waals surface area contributed by atoms with Gasteiger partial charge >= 0.3 is 0 Å². The van der Waals surface area contributed by atoms with Gasteiger partial charge in [-0.05, 0) is 43.4 Å². The lowest BCUT2D eigenvalue weighted by Crippen LogP contribution is -2.64. The third-order valence-electron chi connectivity index (χ3n) is 6.78. The Morgan fingerprint density at radius 3 is 2.77 bits per heavy atom. The third kappa shape index (κ3) is 4.73. The van der Waals surface area contributed by atoms with Crippen molar-refractivity contribution in [1.29, 1.82) is 0 Å². The van der Waals surface area contributed by atoms with Gasteiger partial charge in [0.2, 0.25) is 5.91 Å². The zero-order valence-corrected chi connectivity index (χ0v) is 21.5. The zero-order chi connectivity index (χ0) is 24.4. The average Bonchev–Trinajstić information content (AvgIpc) is 2.88. The monoisotopic (exact) mass is 591 g/mol. The molecule has 3 N–H and O–H groups in total. The number of ether oxygens (including phenoxy) is 2. The maximum Gasteiger partial charge on any atom is 0.240 e. The molecule has 0 unspecified atom stereocenters. The summed E-state index contributed by atoms with van der Waals surface area (Å²) < 4.78 is 27.4. The lowest BCUT2D eigenvalue weighted by molar-refractivity contribution is -0.131. The normalized spacial score (nSPS) is 22.1. The number of carbonyl (C=O) groups is 1. The molecule has 8 nitrogen and oxygen atoms in total. The van der Waals surface area contributed by atoms with Crippen molar-refractivity contribution < 1.29 is 18.7 Å². The second-order valence-electron chi connectivity index (χ2n) is 8.86. The second-order valence-corrected chi connectivity index (χ2v) is 9.62. The van der Waals surface area contributed by atoms with Crippen LogP contribution in [0.1, 0.15) is 31.2 Å². The Bertz CT molecular complexity index is 1250. The Hall–Kier alpha value is -2.73. The van der Waals surface area contributed by atoms with E-state index >= 15 is 0 Å². The molecular weight excluding hydrogens is 564 g/mol. The lowest BCUT2D eigenvalue weighted by atomic mass is 9.78. The van der Waals surface area contributed by atoms with Crippen LogP contribution in [0.4, 0.5) is 15.9 Å². The summed E-state index contributed by atoms with van der Waals surface area (Å²) in [5, 5.41) is 10.2. The minimum atomic E-state index is -0.493. The standard InChI is InChI=1S/C25H27FIN5O3/c1-34-20-12-19-17(23(30-14-29-19)32-18-4-2-3-15(13-27)22(18)26)11-21(20)35-16-5-7-25(8-6-16)24(33)28-9-10-31-25/h2-4,11-12,14,16,31H,5-10,13H2,1H3,(H,28,33)(H,29,30,32). The van der Waals surface area contributed by atoms with E-state index in [9.17, 15) is 9.18 Å². The summed E-state index contributed by atoms with van der Waals surface area (Å²) in [6, 6.07) is 8.91. The van der Waals surface area contributed by atoms with E-state index in [-0.39, 0.29) is 17.8 Å². The number of anilines is 2. The predicted molar refractivity (Wildman–Crippen MR) is 140 cm³/mol. The molecule has 2 fully saturated rings. The number of nitrogens with zero attached hydrogens (tertiary/aromatic N) is 2. The number of nitrogens with one attached hydrogen (secondary N) is 3. The first kappa shape index (κ1) is 24.0. The van der Waals surface area contributed by atoms with Crippen LogP contribution in [0.3, 0.4) is 0 Å². The zero-order valence-electron chi connectivity index (χ0n) is 19.4. The Balaban J connectivity index is 1.41. The van der Waals surface area contributed by atoms with E-state index in [1.807, 2.05) is 12.1 Å². The van der Waals surface area contributed by atoms with Crippen molar-refractivity contribution in [3.63, 3.8) is 0 Å². The predicted octanol–water partition coefficient (Wildman–Crippen LogP) is 4.24. The quantitative estimate of drug-likeness (QED) is 0.292. The first-order valence-electron chi connectivity index (χ1n) is 11.7. The lowest BCUT2D eigenvalue weighted by Gasteiger charge is -2.42. The van der Waals surface area contributed by atoms with Crippen LogP contribution < -0.4 is 25.4 Å². The van der Waals surface area contributed by atoms with Gasteiger partial charge in [-0.3, -0.25) is 4.79 Å². The van der Waals surface area contributed by atoms with E-state index < -0.39 is 5.54 Å². The Kier molecular flexibility index (Phi) is 6.92. The molecule has 184 valence electrons. The van der Waals surface area contributed by atoms with Gasteiger partial charge in [0.1, 0.15) is 12.1 Å². The smallest absolute Gasteiger partial charge is 0.240 e. The van der Waals surface area contributed by atoms with Crippen molar-refractivity contribution in [3.8, 4) is 11.5 Å². The molecule has 5 rings (SSSR count). The van der Waals surface area contributed by atoms with Crippen molar-refractivity contribution in [3.05, 3.63) is 48.0 Å². The highest BCUT2D eigenvalue weighted by atomic mass is 127. The van der Waals surface area contributed by atoms with Gasteiger partial charge < -0.3 is 25.4 Å². The highest BCUT2D eigenvalue weighted by Gasteiger charge is 2.43. The number of rotatable bonds is 6. The summed E-state index contributed by atoms with van der Waals surface area (Å²) in [4.78, 5) is 21.2. The molecule has 1 saturated carbocycles. The van der Waals surface area contributed by atoms with E-state index in [2.05, 4.69) is 48.5 Å². The molecule has 1 aliphatic heterocycles. The summed E-state index contributed by atoms with van der Waals surface area (Å²) in [6.45, 7) is 1.45. The molecule has 2 aromatic carbocycles. The molecule has 1 aromatic heterocycles. The average molecular weight is 591 g/mol. The topological polar surface area (TPSA) is 97.4 Å². The largest absolute Gasteiger partial charge is 0.493 e. The van der Waals surface area contributed by atoms with Gasteiger partial charge in [0.15, 0.2) is 17.3 Å². The highest BCUT2D eigenvalue weighted by molar-refractivity contribution is 14.1. The maximum atomic E-state index is 14.9. The number of hydrogen-bond donors (Lipinski definition) is 3. The molecule has 0 atom stereocenters. The fraction of sp³-hybridized carbons (Fsp3) is 0.400. The maximum absolute atomic E-state index is 14.9. The van der Waals surface area contributed by atoms with E-state index in [4.69, 9.17) is 9.47 Å². The van der Waals surface area contributed by atoms with Gasteiger partial charge in [-0.1, -0.05) is 34.7 Å². The number of fused-ring (bicyclic) bond motifs is 1. The van der Waals surface area contributed by atoms with Crippen LogP contribution in [0.25, 0.3) is 10.9 Å². The fourth-order valence-electron chi connectivity index (χ4n) is 4.84. The number of amides is 1. The molecule has 0 bridgehead atoms. The van der Waals surface area contributed by atoms with Crippen LogP contribution in [0.5, 0.6) is 11.5 Å².